The predicted molar refractivity (Wildman–Crippen MR) is 88.3 cm³/mol. The van der Waals surface area contributed by atoms with E-state index in [0.29, 0.717) is 28.4 Å². The summed E-state index contributed by atoms with van der Waals surface area (Å²) < 4.78 is 0. The molecule has 1 aromatic rings. The lowest BCUT2D eigenvalue weighted by Gasteiger charge is -2.17. The molecule has 118 valence electrons. The molecule has 2 amide bonds. The molecule has 2 atom stereocenters. The van der Waals surface area contributed by atoms with Crippen molar-refractivity contribution in [1.82, 2.24) is 0 Å². The fraction of sp³-hybridized carbons (Fsp3) is 0.471. The van der Waals surface area contributed by atoms with E-state index in [4.69, 9.17) is 11.6 Å². The van der Waals surface area contributed by atoms with Gasteiger partial charge < -0.3 is 0 Å². The van der Waals surface area contributed by atoms with Gasteiger partial charge in [-0.2, -0.15) is 5.26 Å². The molecule has 0 N–H and O–H groups in total. The monoisotopic (exact) mass is 346 g/mol. The number of carbonyl (C=O) groups excluding carboxylic acids is 2. The summed E-state index contributed by atoms with van der Waals surface area (Å²) in [5.74, 6) is -1.06. The highest BCUT2D eigenvalue weighted by Crippen LogP contribution is 2.46. The Kier molecular flexibility index (Phi) is 3.55. The number of hydrogen-bond acceptors (Lipinski definition) is 4. The lowest BCUT2D eigenvalue weighted by Crippen LogP contribution is -2.30. The highest BCUT2D eigenvalue weighted by molar-refractivity contribution is 7.17. The van der Waals surface area contributed by atoms with Crippen LogP contribution >= 0.6 is 22.9 Å². The first kappa shape index (κ1) is 14.9. The van der Waals surface area contributed by atoms with Crippen molar-refractivity contribution in [2.45, 2.75) is 38.5 Å². The number of nitrogens with zero attached hydrogens (tertiary/aromatic N) is 2. The minimum Gasteiger partial charge on any atom is -0.274 e. The molecule has 3 aliphatic rings. The Morgan fingerprint density at radius 2 is 1.96 bits per heavy atom. The third-order valence-corrected chi connectivity index (χ3v) is 6.62. The fourth-order valence-electron chi connectivity index (χ4n) is 3.85. The summed E-state index contributed by atoms with van der Waals surface area (Å²) in [4.78, 5) is 28.0. The smallest absolute Gasteiger partial charge is 0.238 e. The van der Waals surface area contributed by atoms with Crippen LogP contribution in [0.3, 0.4) is 0 Å². The Labute approximate surface area is 143 Å². The van der Waals surface area contributed by atoms with Crippen LogP contribution in [0.2, 0.25) is 0 Å². The average Bonchev–Trinajstić information content (AvgIpc) is 3.03. The van der Waals surface area contributed by atoms with Crippen molar-refractivity contribution in [2.24, 2.45) is 11.8 Å². The number of fused-ring (bicyclic) bond motifs is 2. The van der Waals surface area contributed by atoms with Crippen molar-refractivity contribution in [3.63, 3.8) is 0 Å². The van der Waals surface area contributed by atoms with E-state index in [1.54, 1.807) is 0 Å². The third kappa shape index (κ3) is 2.16. The van der Waals surface area contributed by atoms with Gasteiger partial charge in [0.2, 0.25) is 11.8 Å². The van der Waals surface area contributed by atoms with E-state index in [0.717, 1.165) is 36.1 Å². The molecule has 2 heterocycles. The molecular weight excluding hydrogens is 332 g/mol. The van der Waals surface area contributed by atoms with E-state index >= 15 is 0 Å². The first-order chi connectivity index (χ1) is 11.1. The highest BCUT2D eigenvalue weighted by Gasteiger charge is 2.50. The number of nitriles is 1. The number of allylic oxidation sites excluding steroid dienone is 2. The topological polar surface area (TPSA) is 61.2 Å². The number of hydrogen-bond donors (Lipinski definition) is 0. The molecule has 0 radical (unpaired) electrons. The van der Waals surface area contributed by atoms with E-state index in [9.17, 15) is 14.9 Å². The number of halogens is 1. The van der Waals surface area contributed by atoms with Crippen LogP contribution in [0.15, 0.2) is 11.1 Å². The van der Waals surface area contributed by atoms with Gasteiger partial charge in [-0.25, -0.2) is 4.90 Å². The maximum Gasteiger partial charge on any atom is 0.238 e. The molecule has 0 spiro atoms. The first-order valence-corrected chi connectivity index (χ1v) is 9.08. The van der Waals surface area contributed by atoms with Crippen LogP contribution in [-0.2, 0) is 22.4 Å². The number of carbonyl (C=O) groups is 2. The van der Waals surface area contributed by atoms with E-state index in [2.05, 4.69) is 6.07 Å². The van der Waals surface area contributed by atoms with Gasteiger partial charge in [-0.1, -0.05) is 17.7 Å². The van der Waals surface area contributed by atoms with E-state index in [-0.39, 0.29) is 23.7 Å². The van der Waals surface area contributed by atoms with Gasteiger partial charge in [0.05, 0.1) is 17.4 Å². The Bertz CT molecular complexity index is 789. The Balaban J connectivity index is 1.77. The minimum absolute atomic E-state index is 0.171. The molecule has 0 aromatic carbocycles. The molecule has 4 nitrogen and oxygen atoms in total. The van der Waals surface area contributed by atoms with Gasteiger partial charge >= 0.3 is 0 Å². The number of amides is 2. The van der Waals surface area contributed by atoms with Crippen molar-refractivity contribution in [2.75, 3.05) is 4.90 Å². The van der Waals surface area contributed by atoms with Crippen LogP contribution < -0.4 is 4.90 Å². The highest BCUT2D eigenvalue weighted by atomic mass is 35.5. The molecular formula is C17H15ClN2O2S. The van der Waals surface area contributed by atoms with Crippen molar-refractivity contribution >= 4 is 39.8 Å². The first-order valence-electron chi connectivity index (χ1n) is 7.88. The number of anilines is 1. The molecule has 1 aliphatic heterocycles. The zero-order valence-electron chi connectivity index (χ0n) is 12.5. The van der Waals surface area contributed by atoms with Crippen LogP contribution in [0.5, 0.6) is 0 Å². The summed E-state index contributed by atoms with van der Waals surface area (Å²) >= 11 is 7.51. The largest absolute Gasteiger partial charge is 0.274 e. The molecule has 1 aromatic heterocycles. The second kappa shape index (κ2) is 5.47. The molecule has 0 saturated carbocycles. The van der Waals surface area contributed by atoms with E-state index in [1.807, 2.05) is 6.08 Å². The normalized spacial score (nSPS) is 26.6. The van der Waals surface area contributed by atoms with Gasteiger partial charge in [0.15, 0.2) is 0 Å². The zero-order chi connectivity index (χ0) is 16.1. The van der Waals surface area contributed by atoms with E-state index in [1.165, 1.54) is 16.2 Å². The number of thiophene rings is 1. The zero-order valence-corrected chi connectivity index (χ0v) is 14.0. The maximum absolute atomic E-state index is 12.8. The van der Waals surface area contributed by atoms with Crippen LogP contribution in [0, 0.1) is 23.2 Å². The summed E-state index contributed by atoms with van der Waals surface area (Å²) in [6.45, 7) is 0. The van der Waals surface area contributed by atoms with E-state index < -0.39 is 0 Å². The van der Waals surface area contributed by atoms with Gasteiger partial charge in [-0.05, 0) is 44.1 Å². The number of imide groups is 1. The Morgan fingerprint density at radius 1 is 1.22 bits per heavy atom. The minimum atomic E-state index is -0.370. The molecule has 4 rings (SSSR count). The summed E-state index contributed by atoms with van der Waals surface area (Å²) in [5.41, 5.74) is 1.58. The molecule has 1 fully saturated rings. The van der Waals surface area contributed by atoms with Crippen molar-refractivity contribution in [3.05, 3.63) is 27.1 Å². The summed E-state index contributed by atoms with van der Waals surface area (Å²) in [7, 11) is 0. The molecule has 2 aliphatic carbocycles. The van der Waals surface area contributed by atoms with Crippen molar-refractivity contribution < 1.29 is 9.59 Å². The van der Waals surface area contributed by atoms with Crippen LogP contribution in [0.4, 0.5) is 5.00 Å². The van der Waals surface area contributed by atoms with Crippen molar-refractivity contribution in [1.29, 1.82) is 5.26 Å². The predicted octanol–water partition coefficient (Wildman–Crippen LogP) is 3.52. The molecule has 1 saturated heterocycles. The summed E-state index contributed by atoms with van der Waals surface area (Å²) in [5, 5.41) is 10.8. The summed E-state index contributed by atoms with van der Waals surface area (Å²) in [6, 6.07) is 2.24. The number of rotatable bonds is 1. The molecule has 0 unspecified atom stereocenters. The molecule has 6 heteroatoms. The van der Waals surface area contributed by atoms with Crippen LogP contribution in [0.25, 0.3) is 0 Å². The van der Waals surface area contributed by atoms with Gasteiger partial charge in [0.25, 0.3) is 0 Å². The standard InChI is InChI=1S/C17H15ClN2O2S/c18-9-5-6-11-12(7-9)16(22)20(15(11)21)17-13(8-19)10-3-1-2-4-14(10)23-17/h5,11-12H,1-4,6-7H2/t11-,12-/m1/s1. The lowest BCUT2D eigenvalue weighted by molar-refractivity contribution is -0.122. The summed E-state index contributed by atoms with van der Waals surface area (Å²) in [6.07, 6.45) is 6.74. The quantitative estimate of drug-likeness (QED) is 0.731. The average molecular weight is 347 g/mol. The van der Waals surface area contributed by atoms with Crippen LogP contribution in [-0.4, -0.2) is 11.8 Å². The molecule has 0 bridgehead atoms. The SMILES string of the molecule is N#Cc1c(N2C(=O)[C@@H]3CC=C(Cl)C[C@H]3C2=O)sc2c1CCCC2. The maximum atomic E-state index is 12.8. The fourth-order valence-corrected chi connectivity index (χ4v) is 5.46. The second-order valence-corrected chi connectivity index (χ2v) is 7.89. The van der Waals surface area contributed by atoms with Gasteiger partial charge in [0.1, 0.15) is 11.1 Å². The van der Waals surface area contributed by atoms with Crippen LogP contribution in [0.1, 0.15) is 41.7 Å². The lowest BCUT2D eigenvalue weighted by atomic mass is 9.85. The Hall–Kier alpha value is -1.64. The molecule has 23 heavy (non-hydrogen) atoms. The van der Waals surface area contributed by atoms with Gasteiger partial charge in [-0.15, -0.1) is 11.3 Å². The second-order valence-electron chi connectivity index (χ2n) is 6.32. The van der Waals surface area contributed by atoms with Gasteiger partial charge in [0, 0.05) is 9.91 Å². The Morgan fingerprint density at radius 3 is 2.74 bits per heavy atom. The van der Waals surface area contributed by atoms with Crippen molar-refractivity contribution in [3.8, 4) is 6.07 Å². The number of aryl methyl sites for hydroxylation is 1. The third-order valence-electron chi connectivity index (χ3n) is 5.04. The van der Waals surface area contributed by atoms with Gasteiger partial charge in [-0.3, -0.25) is 9.59 Å².